The standard InChI is InChI=1S/C15H17NS3/c1-2-5-16-12(8-11-3-6-17-10-11)14-9-15-13(19-14)4-7-18-15/h3-4,6-7,9-10,12,16H,2,5,8H2,1H3. The maximum Gasteiger partial charge on any atom is 0.0456 e. The van der Waals surface area contributed by atoms with Crippen LogP contribution in [0.2, 0.25) is 0 Å². The minimum absolute atomic E-state index is 0.458. The highest BCUT2D eigenvalue weighted by Gasteiger charge is 2.15. The predicted octanol–water partition coefficient (Wildman–Crippen LogP) is 5.31. The van der Waals surface area contributed by atoms with E-state index in [0.29, 0.717) is 6.04 Å². The summed E-state index contributed by atoms with van der Waals surface area (Å²) in [5.41, 5.74) is 1.44. The topological polar surface area (TPSA) is 12.0 Å². The first-order chi connectivity index (χ1) is 9.36. The largest absolute Gasteiger partial charge is 0.309 e. The molecule has 100 valence electrons. The molecular formula is C15H17NS3. The lowest BCUT2D eigenvalue weighted by Crippen LogP contribution is -2.23. The van der Waals surface area contributed by atoms with Crippen LogP contribution < -0.4 is 5.32 Å². The Balaban J connectivity index is 1.83. The normalized spacial score (nSPS) is 13.1. The van der Waals surface area contributed by atoms with Crippen molar-refractivity contribution in [3.05, 3.63) is 44.8 Å². The van der Waals surface area contributed by atoms with Crippen LogP contribution in [-0.4, -0.2) is 6.54 Å². The molecule has 3 heterocycles. The minimum Gasteiger partial charge on any atom is -0.309 e. The van der Waals surface area contributed by atoms with Crippen LogP contribution in [0, 0.1) is 0 Å². The van der Waals surface area contributed by atoms with Gasteiger partial charge in [0, 0.05) is 20.3 Å². The molecule has 4 heteroatoms. The molecule has 3 aromatic heterocycles. The van der Waals surface area contributed by atoms with E-state index in [9.17, 15) is 0 Å². The summed E-state index contributed by atoms with van der Waals surface area (Å²) in [4.78, 5) is 1.47. The molecule has 0 saturated heterocycles. The van der Waals surface area contributed by atoms with E-state index < -0.39 is 0 Å². The maximum atomic E-state index is 3.69. The summed E-state index contributed by atoms with van der Waals surface area (Å²) >= 11 is 5.56. The Bertz CT molecular complexity index is 592. The predicted molar refractivity (Wildman–Crippen MR) is 88.8 cm³/mol. The summed E-state index contributed by atoms with van der Waals surface area (Å²) in [6.45, 7) is 3.31. The summed E-state index contributed by atoms with van der Waals surface area (Å²) in [6, 6.07) is 7.29. The number of rotatable bonds is 6. The fraction of sp³-hybridized carbons (Fsp3) is 0.333. The lowest BCUT2D eigenvalue weighted by molar-refractivity contribution is 0.537. The van der Waals surface area contributed by atoms with E-state index in [1.54, 1.807) is 11.3 Å². The van der Waals surface area contributed by atoms with Gasteiger partial charge in [0.25, 0.3) is 0 Å². The Morgan fingerprint density at radius 1 is 1.21 bits per heavy atom. The van der Waals surface area contributed by atoms with Crippen LogP contribution >= 0.6 is 34.0 Å². The molecule has 1 unspecified atom stereocenters. The van der Waals surface area contributed by atoms with Crippen LogP contribution in [-0.2, 0) is 6.42 Å². The van der Waals surface area contributed by atoms with Crippen LogP contribution in [0.5, 0.6) is 0 Å². The van der Waals surface area contributed by atoms with Gasteiger partial charge in [0.15, 0.2) is 0 Å². The van der Waals surface area contributed by atoms with Crippen molar-refractivity contribution < 1.29 is 0 Å². The Morgan fingerprint density at radius 2 is 2.16 bits per heavy atom. The summed E-state index contributed by atoms with van der Waals surface area (Å²) in [7, 11) is 0. The van der Waals surface area contributed by atoms with E-state index in [4.69, 9.17) is 0 Å². The Kier molecular flexibility index (Phi) is 4.33. The molecular weight excluding hydrogens is 290 g/mol. The van der Waals surface area contributed by atoms with Crippen LogP contribution in [0.15, 0.2) is 34.3 Å². The Morgan fingerprint density at radius 3 is 2.89 bits per heavy atom. The van der Waals surface area contributed by atoms with Gasteiger partial charge in [-0.2, -0.15) is 11.3 Å². The molecule has 0 aliphatic rings. The van der Waals surface area contributed by atoms with Gasteiger partial charge in [-0.3, -0.25) is 0 Å². The van der Waals surface area contributed by atoms with Crippen LogP contribution in [0.25, 0.3) is 9.40 Å². The molecule has 3 rings (SSSR count). The van der Waals surface area contributed by atoms with E-state index in [0.717, 1.165) is 13.0 Å². The molecule has 0 spiro atoms. The molecule has 1 nitrogen and oxygen atoms in total. The Hall–Kier alpha value is -0.680. The Labute approximate surface area is 125 Å². The highest BCUT2D eigenvalue weighted by atomic mass is 32.1. The van der Waals surface area contributed by atoms with Gasteiger partial charge in [-0.1, -0.05) is 6.92 Å². The molecule has 0 amide bonds. The van der Waals surface area contributed by atoms with E-state index in [1.807, 2.05) is 22.7 Å². The average Bonchev–Trinajstić information content (AvgIpc) is 3.09. The lowest BCUT2D eigenvalue weighted by atomic mass is 10.1. The smallest absolute Gasteiger partial charge is 0.0456 e. The van der Waals surface area contributed by atoms with Crippen LogP contribution in [0.4, 0.5) is 0 Å². The van der Waals surface area contributed by atoms with Gasteiger partial charge in [0.1, 0.15) is 0 Å². The van der Waals surface area contributed by atoms with Gasteiger partial charge in [0.05, 0.1) is 0 Å². The first-order valence-electron chi connectivity index (χ1n) is 6.58. The van der Waals surface area contributed by atoms with Gasteiger partial charge in [-0.25, -0.2) is 0 Å². The second-order valence-corrected chi connectivity index (χ2v) is 7.48. The van der Waals surface area contributed by atoms with Gasteiger partial charge in [-0.15, -0.1) is 22.7 Å². The van der Waals surface area contributed by atoms with Crippen molar-refractivity contribution in [2.24, 2.45) is 0 Å². The first kappa shape index (κ1) is 13.3. The van der Waals surface area contributed by atoms with Crippen molar-refractivity contribution in [3.8, 4) is 0 Å². The number of hydrogen-bond donors (Lipinski definition) is 1. The molecule has 0 fully saturated rings. The third kappa shape index (κ3) is 3.08. The van der Waals surface area contributed by atoms with Crippen molar-refractivity contribution in [1.82, 2.24) is 5.32 Å². The maximum absolute atomic E-state index is 3.69. The third-order valence-electron chi connectivity index (χ3n) is 3.16. The van der Waals surface area contributed by atoms with Gasteiger partial charge >= 0.3 is 0 Å². The fourth-order valence-electron chi connectivity index (χ4n) is 2.19. The number of fused-ring (bicyclic) bond motifs is 1. The molecule has 0 radical (unpaired) electrons. The summed E-state index contributed by atoms with van der Waals surface area (Å²) in [5, 5.41) is 10.3. The molecule has 0 bridgehead atoms. The molecule has 1 N–H and O–H groups in total. The second kappa shape index (κ2) is 6.18. The molecule has 0 aromatic carbocycles. The average molecular weight is 308 g/mol. The van der Waals surface area contributed by atoms with Crippen LogP contribution in [0.1, 0.15) is 29.8 Å². The first-order valence-corrected chi connectivity index (χ1v) is 9.22. The SMILES string of the molecule is CCCNC(Cc1ccsc1)c1cc2sccc2s1. The molecule has 3 aromatic rings. The monoisotopic (exact) mass is 307 g/mol. The number of thiophene rings is 3. The summed E-state index contributed by atoms with van der Waals surface area (Å²) in [5.74, 6) is 0. The van der Waals surface area contributed by atoms with Crippen molar-refractivity contribution in [1.29, 1.82) is 0 Å². The zero-order valence-electron chi connectivity index (χ0n) is 10.9. The van der Waals surface area contributed by atoms with E-state index in [-0.39, 0.29) is 0 Å². The lowest BCUT2D eigenvalue weighted by Gasteiger charge is -2.16. The van der Waals surface area contributed by atoms with Crippen molar-refractivity contribution in [3.63, 3.8) is 0 Å². The van der Waals surface area contributed by atoms with Crippen molar-refractivity contribution >= 4 is 43.4 Å². The van der Waals surface area contributed by atoms with Crippen molar-refractivity contribution in [2.45, 2.75) is 25.8 Å². The quantitative estimate of drug-likeness (QED) is 0.651. The van der Waals surface area contributed by atoms with Crippen molar-refractivity contribution in [2.75, 3.05) is 6.54 Å². The van der Waals surface area contributed by atoms with Gasteiger partial charge in [0.2, 0.25) is 0 Å². The number of hydrogen-bond acceptors (Lipinski definition) is 4. The minimum atomic E-state index is 0.458. The van der Waals surface area contributed by atoms with E-state index in [2.05, 4.69) is 46.6 Å². The molecule has 0 saturated carbocycles. The molecule has 0 aliphatic carbocycles. The second-order valence-electron chi connectivity index (χ2n) is 4.64. The summed E-state index contributed by atoms with van der Waals surface area (Å²) in [6.07, 6.45) is 2.27. The van der Waals surface area contributed by atoms with Crippen LogP contribution in [0.3, 0.4) is 0 Å². The van der Waals surface area contributed by atoms with E-state index >= 15 is 0 Å². The number of nitrogens with one attached hydrogen (secondary N) is 1. The highest BCUT2D eigenvalue weighted by Crippen LogP contribution is 2.34. The molecule has 19 heavy (non-hydrogen) atoms. The van der Waals surface area contributed by atoms with E-state index in [1.165, 1.54) is 26.3 Å². The molecule has 0 aliphatic heterocycles. The third-order valence-corrected chi connectivity index (χ3v) is 6.10. The summed E-state index contributed by atoms with van der Waals surface area (Å²) < 4.78 is 2.85. The highest BCUT2D eigenvalue weighted by molar-refractivity contribution is 7.26. The molecule has 1 atom stereocenters. The zero-order chi connectivity index (χ0) is 13.1. The van der Waals surface area contributed by atoms with Gasteiger partial charge in [-0.05, 0) is 59.3 Å². The zero-order valence-corrected chi connectivity index (χ0v) is 13.3. The fourth-order valence-corrected chi connectivity index (χ4v) is 5.07. The van der Waals surface area contributed by atoms with Gasteiger partial charge < -0.3 is 5.32 Å².